The minimum absolute atomic E-state index is 0.350. The van der Waals surface area contributed by atoms with Crippen molar-refractivity contribution >= 4 is 11.9 Å². The van der Waals surface area contributed by atoms with E-state index in [-0.39, 0.29) is 0 Å². The summed E-state index contributed by atoms with van der Waals surface area (Å²) in [5.74, 6) is -1.10. The highest BCUT2D eigenvalue weighted by molar-refractivity contribution is 5.91. The number of carbonyl (C=O) groups is 2. The van der Waals surface area contributed by atoms with Crippen LogP contribution in [0.15, 0.2) is 12.2 Å². The number of rotatable bonds is 6. The normalized spacial score (nSPS) is 10.7. The van der Waals surface area contributed by atoms with Crippen molar-refractivity contribution in [1.29, 1.82) is 0 Å². The summed E-state index contributed by atoms with van der Waals surface area (Å²) in [6.45, 7) is 1.20. The summed E-state index contributed by atoms with van der Waals surface area (Å²) in [7, 11) is 5.13. The Morgan fingerprint density at radius 2 is 1.80 bits per heavy atom. The highest BCUT2D eigenvalue weighted by Gasteiger charge is 1.99. The maximum absolute atomic E-state index is 11.0. The standard InChI is InChI=1S/C10H17NO4/c1-11(2)7-4-8-15-10(13)6-5-9(12)14-3/h5-6H,4,7-8H2,1-3H3. The van der Waals surface area contributed by atoms with E-state index in [0.29, 0.717) is 6.61 Å². The van der Waals surface area contributed by atoms with Crippen molar-refractivity contribution in [2.75, 3.05) is 34.4 Å². The van der Waals surface area contributed by atoms with E-state index in [1.54, 1.807) is 0 Å². The van der Waals surface area contributed by atoms with Gasteiger partial charge in [-0.25, -0.2) is 9.59 Å². The molecule has 0 aliphatic heterocycles. The molecule has 15 heavy (non-hydrogen) atoms. The Morgan fingerprint density at radius 3 is 2.33 bits per heavy atom. The molecule has 5 heteroatoms. The average molecular weight is 215 g/mol. The summed E-state index contributed by atoms with van der Waals surface area (Å²) < 4.78 is 9.14. The van der Waals surface area contributed by atoms with Crippen LogP contribution in [0.4, 0.5) is 0 Å². The third-order valence-corrected chi connectivity index (χ3v) is 1.55. The second-order valence-electron chi connectivity index (χ2n) is 3.18. The van der Waals surface area contributed by atoms with Gasteiger partial charge in [0.05, 0.1) is 13.7 Å². The third-order valence-electron chi connectivity index (χ3n) is 1.55. The van der Waals surface area contributed by atoms with Gasteiger partial charge in [-0.2, -0.15) is 0 Å². The zero-order valence-electron chi connectivity index (χ0n) is 9.36. The van der Waals surface area contributed by atoms with Crippen LogP contribution < -0.4 is 0 Å². The summed E-state index contributed by atoms with van der Waals surface area (Å²) in [6.07, 6.45) is 2.86. The van der Waals surface area contributed by atoms with Crippen LogP contribution in [0.1, 0.15) is 6.42 Å². The molecule has 0 aliphatic rings. The molecule has 0 spiro atoms. The predicted octanol–water partition coefficient (Wildman–Crippen LogP) is 0.210. The summed E-state index contributed by atoms with van der Waals surface area (Å²) in [5, 5.41) is 0. The molecule has 0 aromatic heterocycles. The second-order valence-corrected chi connectivity index (χ2v) is 3.18. The number of esters is 2. The Kier molecular flexibility index (Phi) is 7.27. The van der Waals surface area contributed by atoms with Gasteiger partial charge >= 0.3 is 11.9 Å². The molecule has 0 amide bonds. The van der Waals surface area contributed by atoms with E-state index >= 15 is 0 Å². The topological polar surface area (TPSA) is 55.8 Å². The molecule has 0 atom stereocenters. The molecule has 0 N–H and O–H groups in total. The molecule has 0 rings (SSSR count). The second kappa shape index (κ2) is 7.99. The lowest BCUT2D eigenvalue weighted by atomic mass is 10.4. The minimum atomic E-state index is -0.569. The summed E-state index contributed by atoms with van der Waals surface area (Å²) in [5.41, 5.74) is 0. The first-order chi connectivity index (χ1) is 7.06. The van der Waals surface area contributed by atoms with E-state index in [2.05, 4.69) is 4.74 Å². The average Bonchev–Trinajstić information content (AvgIpc) is 2.20. The summed E-state index contributed by atoms with van der Waals surface area (Å²) in [4.78, 5) is 23.6. The molecule has 0 bridgehead atoms. The zero-order chi connectivity index (χ0) is 11.7. The Hall–Kier alpha value is -1.36. The van der Waals surface area contributed by atoms with Crippen molar-refractivity contribution in [3.63, 3.8) is 0 Å². The monoisotopic (exact) mass is 215 g/mol. The van der Waals surface area contributed by atoms with Gasteiger partial charge in [0.2, 0.25) is 0 Å². The molecular formula is C10H17NO4. The van der Waals surface area contributed by atoms with E-state index in [4.69, 9.17) is 4.74 Å². The maximum Gasteiger partial charge on any atom is 0.331 e. The van der Waals surface area contributed by atoms with Gasteiger partial charge < -0.3 is 14.4 Å². The van der Waals surface area contributed by atoms with E-state index < -0.39 is 11.9 Å². The number of hydrogen-bond donors (Lipinski definition) is 0. The molecule has 0 unspecified atom stereocenters. The predicted molar refractivity (Wildman–Crippen MR) is 55.3 cm³/mol. The van der Waals surface area contributed by atoms with Crippen LogP contribution in [0.25, 0.3) is 0 Å². The number of hydrogen-bond acceptors (Lipinski definition) is 5. The van der Waals surface area contributed by atoms with E-state index in [9.17, 15) is 9.59 Å². The number of carbonyl (C=O) groups excluding carboxylic acids is 2. The van der Waals surface area contributed by atoms with Gasteiger partial charge in [-0.15, -0.1) is 0 Å². The van der Waals surface area contributed by atoms with Crippen molar-refractivity contribution in [2.24, 2.45) is 0 Å². The molecular weight excluding hydrogens is 198 g/mol. The van der Waals surface area contributed by atoms with Crippen LogP contribution in [0.3, 0.4) is 0 Å². The van der Waals surface area contributed by atoms with E-state index in [1.165, 1.54) is 7.11 Å². The summed E-state index contributed by atoms with van der Waals surface area (Å²) >= 11 is 0. The maximum atomic E-state index is 11.0. The van der Waals surface area contributed by atoms with Crippen molar-refractivity contribution < 1.29 is 19.1 Å². The Labute approximate surface area is 89.6 Å². The first kappa shape index (κ1) is 13.6. The molecule has 0 fully saturated rings. The van der Waals surface area contributed by atoms with Gasteiger partial charge in [0, 0.05) is 18.7 Å². The lowest BCUT2D eigenvalue weighted by Gasteiger charge is -2.08. The molecule has 0 saturated heterocycles. The van der Waals surface area contributed by atoms with Gasteiger partial charge in [-0.1, -0.05) is 0 Å². The molecule has 0 aromatic rings. The van der Waals surface area contributed by atoms with E-state index in [0.717, 1.165) is 25.1 Å². The Balaban J connectivity index is 3.58. The lowest BCUT2D eigenvalue weighted by Crippen LogP contribution is -2.15. The molecule has 0 saturated carbocycles. The molecule has 86 valence electrons. The first-order valence-electron chi connectivity index (χ1n) is 4.63. The Morgan fingerprint density at radius 1 is 1.20 bits per heavy atom. The SMILES string of the molecule is COC(=O)C=CC(=O)OCCCN(C)C. The van der Waals surface area contributed by atoms with E-state index in [1.807, 2.05) is 19.0 Å². The highest BCUT2D eigenvalue weighted by Crippen LogP contribution is 1.88. The molecule has 0 heterocycles. The van der Waals surface area contributed by atoms with Gasteiger partial charge in [0.25, 0.3) is 0 Å². The van der Waals surface area contributed by atoms with Crippen LogP contribution >= 0.6 is 0 Å². The van der Waals surface area contributed by atoms with Crippen molar-refractivity contribution in [3.05, 3.63) is 12.2 Å². The fourth-order valence-corrected chi connectivity index (χ4v) is 0.806. The fraction of sp³-hybridized carbons (Fsp3) is 0.600. The van der Waals surface area contributed by atoms with Gasteiger partial charge in [0.15, 0.2) is 0 Å². The number of methoxy groups -OCH3 is 1. The molecule has 0 aromatic carbocycles. The Bertz CT molecular complexity index is 236. The van der Waals surface area contributed by atoms with Crippen LogP contribution in [0.2, 0.25) is 0 Å². The quantitative estimate of drug-likeness (QED) is 0.360. The fourth-order valence-electron chi connectivity index (χ4n) is 0.806. The van der Waals surface area contributed by atoms with Crippen LogP contribution in [-0.2, 0) is 19.1 Å². The summed E-state index contributed by atoms with van der Waals surface area (Å²) in [6, 6.07) is 0. The smallest absolute Gasteiger partial charge is 0.331 e. The van der Waals surface area contributed by atoms with Gasteiger partial charge in [-0.3, -0.25) is 0 Å². The molecule has 0 aliphatic carbocycles. The zero-order valence-corrected chi connectivity index (χ0v) is 9.36. The number of nitrogens with zero attached hydrogens (tertiary/aromatic N) is 1. The third kappa shape index (κ3) is 8.96. The number of ether oxygens (including phenoxy) is 2. The van der Waals surface area contributed by atoms with Crippen LogP contribution in [-0.4, -0.2) is 51.2 Å². The highest BCUT2D eigenvalue weighted by atomic mass is 16.5. The van der Waals surface area contributed by atoms with Gasteiger partial charge in [-0.05, 0) is 20.5 Å². The largest absolute Gasteiger partial charge is 0.466 e. The van der Waals surface area contributed by atoms with Crippen LogP contribution in [0.5, 0.6) is 0 Å². The van der Waals surface area contributed by atoms with Crippen LogP contribution in [0, 0.1) is 0 Å². The van der Waals surface area contributed by atoms with Crippen molar-refractivity contribution in [2.45, 2.75) is 6.42 Å². The van der Waals surface area contributed by atoms with Gasteiger partial charge in [0.1, 0.15) is 0 Å². The molecule has 5 nitrogen and oxygen atoms in total. The lowest BCUT2D eigenvalue weighted by molar-refractivity contribution is -0.139. The minimum Gasteiger partial charge on any atom is -0.466 e. The van der Waals surface area contributed by atoms with Crippen molar-refractivity contribution in [3.8, 4) is 0 Å². The molecule has 0 radical (unpaired) electrons. The first-order valence-corrected chi connectivity index (χ1v) is 4.63. The van der Waals surface area contributed by atoms with Crippen molar-refractivity contribution in [1.82, 2.24) is 4.90 Å².